The Kier molecular flexibility index (Phi) is 5.19. The van der Waals surface area contributed by atoms with Gasteiger partial charge in [-0.3, -0.25) is 19.3 Å². The molecule has 3 amide bonds. The van der Waals surface area contributed by atoms with Gasteiger partial charge in [0.15, 0.2) is 0 Å². The average molecular weight is 478 g/mol. The third-order valence-corrected chi connectivity index (χ3v) is 7.55. The Morgan fingerprint density at radius 2 is 1.82 bits per heavy atom. The second kappa shape index (κ2) is 8.25. The van der Waals surface area contributed by atoms with E-state index in [1.165, 1.54) is 4.90 Å². The highest BCUT2D eigenvalue weighted by atomic mass is 35.5. The Morgan fingerprint density at radius 1 is 1.06 bits per heavy atom. The normalized spacial score (nSPS) is 29.3. The van der Waals surface area contributed by atoms with E-state index in [2.05, 4.69) is 5.32 Å². The van der Waals surface area contributed by atoms with Crippen LogP contribution in [0.2, 0.25) is 5.02 Å². The number of carbonyl (C=O) groups excluding carboxylic acids is 3. The lowest BCUT2D eigenvalue weighted by atomic mass is 9.88. The minimum absolute atomic E-state index is 0.133. The molecule has 5 atom stereocenters. The van der Waals surface area contributed by atoms with Crippen molar-refractivity contribution in [1.82, 2.24) is 4.90 Å². The SMILES string of the molecule is O=C(Nc1ccc(Cl)cc1)C1C2C(=O)N(CC3CCCO3)C(=O)C2C2C=Cc3ccccc3N21. The topological polar surface area (TPSA) is 79.0 Å². The summed E-state index contributed by atoms with van der Waals surface area (Å²) < 4.78 is 5.69. The van der Waals surface area contributed by atoms with Crippen LogP contribution >= 0.6 is 11.6 Å². The number of para-hydroxylation sites is 1. The number of fused-ring (bicyclic) bond motifs is 5. The van der Waals surface area contributed by atoms with Crippen molar-refractivity contribution >= 4 is 46.8 Å². The van der Waals surface area contributed by atoms with Gasteiger partial charge in [0.25, 0.3) is 0 Å². The fourth-order valence-electron chi connectivity index (χ4n) is 5.80. The van der Waals surface area contributed by atoms with Crippen LogP contribution in [0, 0.1) is 11.8 Å². The number of likely N-dealkylation sites (tertiary alicyclic amines) is 1. The van der Waals surface area contributed by atoms with Crippen LogP contribution in [0.1, 0.15) is 18.4 Å². The van der Waals surface area contributed by atoms with E-state index in [4.69, 9.17) is 16.3 Å². The van der Waals surface area contributed by atoms with Crippen LogP contribution in [0.25, 0.3) is 6.08 Å². The van der Waals surface area contributed by atoms with Gasteiger partial charge < -0.3 is 15.0 Å². The molecule has 34 heavy (non-hydrogen) atoms. The van der Waals surface area contributed by atoms with Crippen molar-refractivity contribution in [1.29, 1.82) is 0 Å². The number of amides is 3. The van der Waals surface area contributed by atoms with Gasteiger partial charge in [-0.25, -0.2) is 0 Å². The van der Waals surface area contributed by atoms with Crippen LogP contribution in [0.15, 0.2) is 54.6 Å². The van der Waals surface area contributed by atoms with Crippen molar-refractivity contribution in [3.63, 3.8) is 0 Å². The quantitative estimate of drug-likeness (QED) is 0.683. The highest BCUT2D eigenvalue weighted by Crippen LogP contribution is 2.48. The highest BCUT2D eigenvalue weighted by Gasteiger charge is 2.64. The van der Waals surface area contributed by atoms with E-state index in [9.17, 15) is 14.4 Å². The minimum Gasteiger partial charge on any atom is -0.376 e. The maximum Gasteiger partial charge on any atom is 0.247 e. The maximum absolute atomic E-state index is 13.7. The maximum atomic E-state index is 13.7. The average Bonchev–Trinajstić information content (AvgIpc) is 3.54. The van der Waals surface area contributed by atoms with Crippen molar-refractivity contribution < 1.29 is 19.1 Å². The molecule has 4 heterocycles. The monoisotopic (exact) mass is 477 g/mol. The number of rotatable bonds is 4. The van der Waals surface area contributed by atoms with Gasteiger partial charge >= 0.3 is 0 Å². The standard InChI is InChI=1S/C26H24ClN3O4/c27-16-8-10-17(11-9-16)28-24(31)23-22-21(20-12-7-15-4-1-2-6-19(15)30(20)23)25(32)29(26(22)33)14-18-5-3-13-34-18/h1-2,4,6-12,18,20-23H,3,5,13-14H2,(H,28,31). The van der Waals surface area contributed by atoms with Crippen molar-refractivity contribution in [2.24, 2.45) is 11.8 Å². The molecule has 1 N–H and O–H groups in total. The van der Waals surface area contributed by atoms with Crippen LogP contribution in [-0.2, 0) is 19.1 Å². The summed E-state index contributed by atoms with van der Waals surface area (Å²) >= 11 is 5.99. The van der Waals surface area contributed by atoms with Crippen molar-refractivity contribution in [2.45, 2.75) is 31.0 Å². The summed E-state index contributed by atoms with van der Waals surface area (Å²) in [5.41, 5.74) is 2.40. The summed E-state index contributed by atoms with van der Waals surface area (Å²) in [5, 5.41) is 3.51. The van der Waals surface area contributed by atoms with Crippen molar-refractivity contribution in [3.05, 3.63) is 65.2 Å². The molecule has 5 unspecified atom stereocenters. The van der Waals surface area contributed by atoms with E-state index in [-0.39, 0.29) is 36.4 Å². The molecule has 3 fully saturated rings. The summed E-state index contributed by atoms with van der Waals surface area (Å²) in [6.45, 7) is 0.902. The molecule has 0 saturated carbocycles. The fourth-order valence-corrected chi connectivity index (χ4v) is 5.92. The largest absolute Gasteiger partial charge is 0.376 e. The number of hydrogen-bond donors (Lipinski definition) is 1. The molecule has 3 saturated heterocycles. The molecule has 7 nitrogen and oxygen atoms in total. The number of anilines is 2. The van der Waals surface area contributed by atoms with E-state index >= 15 is 0 Å². The number of carbonyl (C=O) groups is 3. The minimum atomic E-state index is -0.817. The number of nitrogens with zero attached hydrogens (tertiary/aromatic N) is 2. The van der Waals surface area contributed by atoms with Gasteiger partial charge in [-0.05, 0) is 48.7 Å². The summed E-state index contributed by atoms with van der Waals surface area (Å²) in [6, 6.07) is 13.4. The number of hydrogen-bond acceptors (Lipinski definition) is 5. The van der Waals surface area contributed by atoms with E-state index in [1.54, 1.807) is 24.3 Å². The molecule has 2 aromatic carbocycles. The Bertz CT molecular complexity index is 1190. The zero-order valence-electron chi connectivity index (χ0n) is 18.4. The first-order valence-electron chi connectivity index (χ1n) is 11.6. The summed E-state index contributed by atoms with van der Waals surface area (Å²) in [5.74, 6) is -2.19. The predicted molar refractivity (Wildman–Crippen MR) is 128 cm³/mol. The van der Waals surface area contributed by atoms with Crippen molar-refractivity contribution in [2.75, 3.05) is 23.4 Å². The third kappa shape index (κ3) is 3.34. The van der Waals surface area contributed by atoms with E-state index in [0.29, 0.717) is 17.3 Å². The second-order valence-electron chi connectivity index (χ2n) is 9.23. The van der Waals surface area contributed by atoms with Crippen LogP contribution in [0.5, 0.6) is 0 Å². The molecular formula is C26H24ClN3O4. The number of halogens is 1. The zero-order valence-corrected chi connectivity index (χ0v) is 19.1. The molecule has 0 radical (unpaired) electrons. The summed E-state index contributed by atoms with van der Waals surface area (Å²) in [6.07, 6.45) is 5.56. The number of nitrogens with one attached hydrogen (secondary N) is 1. The molecule has 0 aliphatic carbocycles. The van der Waals surface area contributed by atoms with Gasteiger partial charge in [-0.15, -0.1) is 0 Å². The van der Waals surface area contributed by atoms with Crippen molar-refractivity contribution in [3.8, 4) is 0 Å². The number of benzene rings is 2. The second-order valence-corrected chi connectivity index (χ2v) is 9.67. The van der Waals surface area contributed by atoms with E-state index in [0.717, 1.165) is 24.1 Å². The molecule has 0 bridgehead atoms. The molecule has 4 aliphatic heterocycles. The van der Waals surface area contributed by atoms with Crippen LogP contribution in [0.3, 0.4) is 0 Å². The first-order valence-corrected chi connectivity index (χ1v) is 12.0. The molecule has 0 aromatic heterocycles. The lowest BCUT2D eigenvalue weighted by Gasteiger charge is -2.36. The Morgan fingerprint density at radius 3 is 2.59 bits per heavy atom. The van der Waals surface area contributed by atoms with Crippen LogP contribution in [0.4, 0.5) is 11.4 Å². The van der Waals surface area contributed by atoms with Crippen LogP contribution < -0.4 is 10.2 Å². The Hall–Kier alpha value is -3.16. The van der Waals surface area contributed by atoms with Gasteiger partial charge in [-0.1, -0.05) is 42.0 Å². The first kappa shape index (κ1) is 21.4. The molecule has 6 rings (SSSR count). The van der Waals surface area contributed by atoms with Gasteiger partial charge in [0, 0.05) is 23.0 Å². The Balaban J connectivity index is 1.37. The van der Waals surface area contributed by atoms with Gasteiger partial charge in [0.1, 0.15) is 6.04 Å². The zero-order chi connectivity index (χ0) is 23.4. The lowest BCUT2D eigenvalue weighted by Crippen LogP contribution is -2.51. The molecule has 0 spiro atoms. The molecule has 8 heteroatoms. The smallest absolute Gasteiger partial charge is 0.247 e. The lowest BCUT2D eigenvalue weighted by molar-refractivity contribution is -0.142. The molecule has 174 valence electrons. The fraction of sp³-hybridized carbons (Fsp3) is 0.346. The first-order chi connectivity index (χ1) is 16.5. The van der Waals surface area contributed by atoms with E-state index in [1.807, 2.05) is 41.3 Å². The number of ether oxygens (including phenoxy) is 1. The van der Waals surface area contributed by atoms with Gasteiger partial charge in [-0.2, -0.15) is 0 Å². The predicted octanol–water partition coefficient (Wildman–Crippen LogP) is 3.34. The molecular weight excluding hydrogens is 454 g/mol. The summed E-state index contributed by atoms with van der Waals surface area (Å²) in [7, 11) is 0. The van der Waals surface area contributed by atoms with Gasteiger partial charge in [0.2, 0.25) is 17.7 Å². The highest BCUT2D eigenvalue weighted by molar-refractivity contribution is 6.30. The molecule has 4 aliphatic rings. The number of imide groups is 1. The van der Waals surface area contributed by atoms with E-state index < -0.39 is 17.9 Å². The van der Waals surface area contributed by atoms with Gasteiger partial charge in [0.05, 0.1) is 30.5 Å². The van der Waals surface area contributed by atoms with Crippen LogP contribution in [-0.4, -0.2) is 54.0 Å². The third-order valence-electron chi connectivity index (χ3n) is 7.30. The molecule has 2 aromatic rings. The summed E-state index contributed by atoms with van der Waals surface area (Å²) in [4.78, 5) is 44.2. The Labute approximate surface area is 202 Å².